The molecular weight excluding hydrogens is 374 g/mol. The van der Waals surface area contributed by atoms with Crippen molar-refractivity contribution in [1.82, 2.24) is 14.5 Å². The van der Waals surface area contributed by atoms with Crippen molar-refractivity contribution in [2.24, 2.45) is 0 Å². The van der Waals surface area contributed by atoms with E-state index in [-0.39, 0.29) is 5.91 Å². The lowest BCUT2D eigenvalue weighted by molar-refractivity contribution is -0.116. The topological polar surface area (TPSA) is 71.8 Å². The average Bonchev–Trinajstić information content (AvgIpc) is 3.21. The number of hydrogen-bond donors (Lipinski definition) is 2. The number of pyridine rings is 1. The summed E-state index contributed by atoms with van der Waals surface area (Å²) in [4.78, 5) is 21.1. The maximum Gasteiger partial charge on any atom is 0.247 e. The van der Waals surface area contributed by atoms with Gasteiger partial charge in [-0.1, -0.05) is 30.3 Å². The van der Waals surface area contributed by atoms with Crippen molar-refractivity contribution < 1.29 is 4.79 Å². The van der Waals surface area contributed by atoms with Gasteiger partial charge < -0.3 is 15.2 Å². The summed E-state index contributed by atoms with van der Waals surface area (Å²) in [6.07, 6.45) is 5.46. The van der Waals surface area contributed by atoms with Crippen LogP contribution in [-0.4, -0.2) is 26.5 Å². The van der Waals surface area contributed by atoms with Gasteiger partial charge in [-0.15, -0.1) is 0 Å². The Hall–Kier alpha value is -3.93. The first kappa shape index (κ1) is 19.4. The van der Waals surface area contributed by atoms with Crippen LogP contribution in [0.15, 0.2) is 85.3 Å². The SMILES string of the molecule is Cc1nccn1-c1ccc(NC(C)C(=O)Nc2ccc(-c3ccccc3)cn2)cc1. The number of nitrogens with zero attached hydrogens (tertiary/aromatic N) is 3. The molecule has 1 amide bonds. The molecule has 0 saturated heterocycles. The zero-order valence-corrected chi connectivity index (χ0v) is 16.9. The molecule has 0 aliphatic heterocycles. The molecule has 0 radical (unpaired) electrons. The predicted octanol–water partition coefficient (Wildman–Crippen LogP) is 4.68. The second kappa shape index (κ2) is 8.61. The van der Waals surface area contributed by atoms with Gasteiger partial charge in [0, 0.05) is 35.5 Å². The lowest BCUT2D eigenvalue weighted by Crippen LogP contribution is -2.32. The number of carbonyl (C=O) groups is 1. The molecule has 0 saturated carbocycles. The van der Waals surface area contributed by atoms with Crippen LogP contribution in [0.4, 0.5) is 11.5 Å². The van der Waals surface area contributed by atoms with E-state index >= 15 is 0 Å². The number of rotatable bonds is 6. The largest absolute Gasteiger partial charge is 0.374 e. The Morgan fingerprint density at radius 1 is 0.933 bits per heavy atom. The van der Waals surface area contributed by atoms with E-state index in [9.17, 15) is 4.79 Å². The van der Waals surface area contributed by atoms with Crippen molar-refractivity contribution in [1.29, 1.82) is 0 Å². The molecule has 1 unspecified atom stereocenters. The summed E-state index contributed by atoms with van der Waals surface area (Å²) in [5.41, 5.74) is 3.99. The molecule has 6 heteroatoms. The molecule has 30 heavy (non-hydrogen) atoms. The molecule has 2 aromatic heterocycles. The minimum absolute atomic E-state index is 0.149. The van der Waals surface area contributed by atoms with Crippen LogP contribution in [0.3, 0.4) is 0 Å². The summed E-state index contributed by atoms with van der Waals surface area (Å²) in [6, 6.07) is 21.2. The molecule has 4 rings (SSSR count). The van der Waals surface area contributed by atoms with Gasteiger partial charge in [-0.3, -0.25) is 4.79 Å². The number of aryl methyl sites for hydroxylation is 1. The highest BCUT2D eigenvalue weighted by atomic mass is 16.2. The number of amides is 1. The first-order valence-corrected chi connectivity index (χ1v) is 9.79. The van der Waals surface area contributed by atoms with E-state index in [1.807, 2.05) is 91.3 Å². The molecular formula is C24H23N5O. The van der Waals surface area contributed by atoms with Crippen molar-refractivity contribution in [3.05, 3.63) is 91.1 Å². The molecule has 4 aromatic rings. The van der Waals surface area contributed by atoms with Crippen molar-refractivity contribution in [2.45, 2.75) is 19.9 Å². The molecule has 2 N–H and O–H groups in total. The second-order valence-electron chi connectivity index (χ2n) is 7.04. The third kappa shape index (κ3) is 4.38. The Kier molecular flexibility index (Phi) is 5.57. The van der Waals surface area contributed by atoms with Gasteiger partial charge in [0.2, 0.25) is 5.91 Å². The number of nitrogens with one attached hydrogen (secondary N) is 2. The number of hydrogen-bond acceptors (Lipinski definition) is 4. The summed E-state index contributed by atoms with van der Waals surface area (Å²) in [5.74, 6) is 1.30. The summed E-state index contributed by atoms with van der Waals surface area (Å²) in [7, 11) is 0. The van der Waals surface area contributed by atoms with Gasteiger partial charge >= 0.3 is 0 Å². The number of imidazole rings is 1. The molecule has 2 aromatic carbocycles. The lowest BCUT2D eigenvalue weighted by atomic mass is 10.1. The first-order valence-electron chi connectivity index (χ1n) is 9.79. The smallest absolute Gasteiger partial charge is 0.247 e. The van der Waals surface area contributed by atoms with E-state index in [4.69, 9.17) is 0 Å². The summed E-state index contributed by atoms with van der Waals surface area (Å²) in [6.45, 7) is 3.78. The van der Waals surface area contributed by atoms with Gasteiger partial charge in [0.05, 0.1) is 0 Å². The Bertz CT molecular complexity index is 1120. The van der Waals surface area contributed by atoms with E-state index in [0.717, 1.165) is 28.3 Å². The number of benzene rings is 2. The van der Waals surface area contributed by atoms with Crippen LogP contribution in [0.1, 0.15) is 12.7 Å². The molecule has 0 aliphatic carbocycles. The Balaban J connectivity index is 1.36. The van der Waals surface area contributed by atoms with E-state index in [1.54, 1.807) is 12.4 Å². The van der Waals surface area contributed by atoms with Crippen LogP contribution in [0.5, 0.6) is 0 Å². The van der Waals surface area contributed by atoms with E-state index in [2.05, 4.69) is 20.6 Å². The maximum atomic E-state index is 12.5. The molecule has 6 nitrogen and oxygen atoms in total. The van der Waals surface area contributed by atoms with Crippen molar-refractivity contribution in [3.8, 4) is 16.8 Å². The lowest BCUT2D eigenvalue weighted by Gasteiger charge is -2.16. The van der Waals surface area contributed by atoms with Gasteiger partial charge in [-0.05, 0) is 55.8 Å². The first-order chi connectivity index (χ1) is 14.6. The van der Waals surface area contributed by atoms with Crippen molar-refractivity contribution in [3.63, 3.8) is 0 Å². The third-order valence-corrected chi connectivity index (χ3v) is 4.87. The normalized spacial score (nSPS) is 11.7. The van der Waals surface area contributed by atoms with Crippen LogP contribution in [-0.2, 0) is 4.79 Å². The minimum Gasteiger partial charge on any atom is -0.374 e. The van der Waals surface area contributed by atoms with Crippen LogP contribution < -0.4 is 10.6 Å². The van der Waals surface area contributed by atoms with Crippen molar-refractivity contribution >= 4 is 17.4 Å². The molecule has 1 atom stereocenters. The maximum absolute atomic E-state index is 12.5. The van der Waals surface area contributed by atoms with Crippen molar-refractivity contribution in [2.75, 3.05) is 10.6 Å². The van der Waals surface area contributed by atoms with E-state index < -0.39 is 6.04 Å². The Morgan fingerprint density at radius 3 is 2.33 bits per heavy atom. The molecule has 150 valence electrons. The summed E-state index contributed by atoms with van der Waals surface area (Å²) >= 11 is 0. The Morgan fingerprint density at radius 2 is 1.70 bits per heavy atom. The monoisotopic (exact) mass is 397 g/mol. The Labute approximate surface area is 175 Å². The predicted molar refractivity (Wildman–Crippen MR) is 120 cm³/mol. The fourth-order valence-corrected chi connectivity index (χ4v) is 3.19. The highest BCUT2D eigenvalue weighted by molar-refractivity contribution is 5.95. The average molecular weight is 397 g/mol. The molecule has 0 aliphatic rings. The summed E-state index contributed by atoms with van der Waals surface area (Å²) in [5, 5.41) is 6.08. The molecule has 0 spiro atoms. The summed E-state index contributed by atoms with van der Waals surface area (Å²) < 4.78 is 2.00. The number of anilines is 2. The van der Waals surface area contributed by atoms with E-state index in [1.165, 1.54) is 0 Å². The molecule has 0 bridgehead atoms. The fourth-order valence-electron chi connectivity index (χ4n) is 3.19. The van der Waals surface area contributed by atoms with Crippen LogP contribution in [0, 0.1) is 6.92 Å². The number of carbonyl (C=O) groups excluding carboxylic acids is 1. The quantitative estimate of drug-likeness (QED) is 0.495. The minimum atomic E-state index is -0.415. The van der Waals surface area contributed by atoms with E-state index in [0.29, 0.717) is 5.82 Å². The zero-order valence-electron chi connectivity index (χ0n) is 16.9. The number of aromatic nitrogens is 3. The van der Waals surface area contributed by atoms with Crippen LogP contribution in [0.25, 0.3) is 16.8 Å². The second-order valence-corrected chi connectivity index (χ2v) is 7.04. The van der Waals surface area contributed by atoms with Gasteiger partial charge in [0.1, 0.15) is 17.7 Å². The van der Waals surface area contributed by atoms with Crippen LogP contribution in [0.2, 0.25) is 0 Å². The van der Waals surface area contributed by atoms with Gasteiger partial charge in [-0.2, -0.15) is 0 Å². The molecule has 0 fully saturated rings. The highest BCUT2D eigenvalue weighted by Crippen LogP contribution is 2.19. The third-order valence-electron chi connectivity index (χ3n) is 4.87. The fraction of sp³-hybridized carbons (Fsp3) is 0.125. The van der Waals surface area contributed by atoms with Crippen LogP contribution >= 0.6 is 0 Å². The van der Waals surface area contributed by atoms with Gasteiger partial charge in [0.25, 0.3) is 0 Å². The molecule has 2 heterocycles. The highest BCUT2D eigenvalue weighted by Gasteiger charge is 2.13. The zero-order chi connectivity index (χ0) is 20.9. The standard InChI is InChI=1S/C24H23N5O/c1-17(27-21-9-11-22(12-10-21)29-15-14-25-18(29)2)24(30)28-23-13-8-20(16-26-23)19-6-4-3-5-7-19/h3-17,27H,1-2H3,(H,26,28,30). The van der Waals surface area contributed by atoms with Gasteiger partial charge in [-0.25, -0.2) is 9.97 Å². The van der Waals surface area contributed by atoms with Gasteiger partial charge in [0.15, 0.2) is 0 Å².